The molecule has 0 radical (unpaired) electrons. The van der Waals surface area contributed by atoms with Crippen molar-refractivity contribution in [2.24, 2.45) is 0 Å². The lowest BCUT2D eigenvalue weighted by Crippen LogP contribution is -1.86. The average molecular weight is 220 g/mol. The molecule has 0 aromatic heterocycles. The van der Waals surface area contributed by atoms with E-state index in [2.05, 4.69) is 13.2 Å². The summed E-state index contributed by atoms with van der Waals surface area (Å²) in [5.74, 6) is 1.91. The molecule has 0 atom stereocenters. The van der Waals surface area contributed by atoms with Gasteiger partial charge in [0.2, 0.25) is 0 Å². The molecule has 0 saturated carbocycles. The Balaban J connectivity index is 4.25. The lowest BCUT2D eigenvalue weighted by Gasteiger charge is -2.04. The van der Waals surface area contributed by atoms with Gasteiger partial charge in [-0.1, -0.05) is 24.8 Å². The maximum absolute atomic E-state index is 5.43. The number of hydrogen-bond acceptors (Lipinski definition) is 2. The highest BCUT2D eigenvalue weighted by Crippen LogP contribution is 2.07. The first-order chi connectivity index (χ1) is 7.45. The van der Waals surface area contributed by atoms with Crippen molar-refractivity contribution in [3.63, 3.8) is 0 Å². The molecule has 2 nitrogen and oxygen atoms in total. The van der Waals surface area contributed by atoms with Crippen LogP contribution in [0.2, 0.25) is 0 Å². The number of rotatable bonds is 6. The van der Waals surface area contributed by atoms with E-state index in [1.807, 2.05) is 32.9 Å². The summed E-state index contributed by atoms with van der Waals surface area (Å²) in [6.07, 6.45) is 7.31. The summed E-state index contributed by atoms with van der Waals surface area (Å²) < 4.78 is 10.3. The fourth-order valence-corrected chi connectivity index (χ4v) is 0.813. The van der Waals surface area contributed by atoms with Gasteiger partial charge in [-0.05, 0) is 39.0 Å². The summed E-state index contributed by atoms with van der Waals surface area (Å²) in [6, 6.07) is 0. The van der Waals surface area contributed by atoms with Crippen molar-refractivity contribution in [2.45, 2.75) is 20.8 Å². The quantitative estimate of drug-likeness (QED) is 0.495. The van der Waals surface area contributed by atoms with Crippen molar-refractivity contribution in [1.29, 1.82) is 0 Å². The molecule has 16 heavy (non-hydrogen) atoms. The number of allylic oxidation sites excluding steroid dienone is 6. The monoisotopic (exact) mass is 220 g/mol. The van der Waals surface area contributed by atoms with Gasteiger partial charge in [0.25, 0.3) is 0 Å². The zero-order chi connectivity index (χ0) is 12.6. The third kappa shape index (κ3) is 7.68. The minimum Gasteiger partial charge on any atom is -0.497 e. The molecule has 0 amide bonds. The van der Waals surface area contributed by atoms with Crippen molar-refractivity contribution in [3.05, 3.63) is 60.3 Å². The second-order valence-electron chi connectivity index (χ2n) is 3.59. The minimum atomic E-state index is 0.550. The van der Waals surface area contributed by atoms with Gasteiger partial charge in [0.1, 0.15) is 17.3 Å². The molecule has 0 N–H and O–H groups in total. The van der Waals surface area contributed by atoms with Crippen molar-refractivity contribution in [3.8, 4) is 0 Å². The van der Waals surface area contributed by atoms with E-state index in [-0.39, 0.29) is 0 Å². The van der Waals surface area contributed by atoms with Crippen LogP contribution in [-0.4, -0.2) is 7.11 Å². The van der Waals surface area contributed by atoms with Gasteiger partial charge < -0.3 is 9.47 Å². The van der Waals surface area contributed by atoms with Crippen LogP contribution < -0.4 is 0 Å². The van der Waals surface area contributed by atoms with E-state index < -0.39 is 0 Å². The molecule has 0 aromatic carbocycles. The van der Waals surface area contributed by atoms with Gasteiger partial charge in [-0.15, -0.1) is 0 Å². The predicted molar refractivity (Wildman–Crippen MR) is 68.7 cm³/mol. The molecule has 0 unspecified atom stereocenters. The molecule has 0 heterocycles. The van der Waals surface area contributed by atoms with Crippen LogP contribution in [0.3, 0.4) is 0 Å². The highest BCUT2D eigenvalue weighted by molar-refractivity contribution is 5.19. The van der Waals surface area contributed by atoms with E-state index >= 15 is 0 Å². The van der Waals surface area contributed by atoms with Crippen molar-refractivity contribution in [1.82, 2.24) is 0 Å². The van der Waals surface area contributed by atoms with E-state index in [0.717, 1.165) is 5.76 Å². The molecule has 0 aliphatic rings. The molecule has 0 rings (SSSR count). The van der Waals surface area contributed by atoms with E-state index in [1.54, 1.807) is 19.3 Å². The van der Waals surface area contributed by atoms with Gasteiger partial charge >= 0.3 is 0 Å². The van der Waals surface area contributed by atoms with Gasteiger partial charge in [0.15, 0.2) is 0 Å². The van der Waals surface area contributed by atoms with Gasteiger partial charge in [0.05, 0.1) is 7.11 Å². The normalized spacial score (nSPS) is 11.1. The number of methoxy groups -OCH3 is 1. The van der Waals surface area contributed by atoms with Gasteiger partial charge in [-0.2, -0.15) is 0 Å². The second-order valence-corrected chi connectivity index (χ2v) is 3.59. The van der Waals surface area contributed by atoms with Crippen LogP contribution >= 0.6 is 0 Å². The Bertz CT molecular complexity index is 340. The Morgan fingerprint density at radius 3 is 2.00 bits per heavy atom. The first kappa shape index (κ1) is 14.3. The SMILES string of the molecule is C=C(/C=C\C(=C)O/C(C)=C/C=C(C)C)OC. The van der Waals surface area contributed by atoms with Crippen molar-refractivity contribution >= 4 is 0 Å². The van der Waals surface area contributed by atoms with Gasteiger partial charge in [-0.25, -0.2) is 0 Å². The summed E-state index contributed by atoms with van der Waals surface area (Å²) >= 11 is 0. The zero-order valence-electron chi connectivity index (χ0n) is 10.5. The van der Waals surface area contributed by atoms with E-state index in [9.17, 15) is 0 Å². The molecular weight excluding hydrogens is 200 g/mol. The zero-order valence-corrected chi connectivity index (χ0v) is 10.5. The van der Waals surface area contributed by atoms with Crippen LogP contribution in [0.1, 0.15) is 20.8 Å². The first-order valence-corrected chi connectivity index (χ1v) is 5.05. The number of hydrogen-bond donors (Lipinski definition) is 0. The average Bonchev–Trinajstić information content (AvgIpc) is 2.23. The fourth-order valence-electron chi connectivity index (χ4n) is 0.813. The summed E-state index contributed by atoms with van der Waals surface area (Å²) in [4.78, 5) is 0. The molecule has 2 heteroatoms. The first-order valence-electron chi connectivity index (χ1n) is 5.05. The van der Waals surface area contributed by atoms with Crippen LogP contribution in [0.4, 0.5) is 0 Å². The molecule has 0 aromatic rings. The van der Waals surface area contributed by atoms with E-state index in [1.165, 1.54) is 5.57 Å². The molecule has 0 fully saturated rings. The van der Waals surface area contributed by atoms with Crippen LogP contribution in [0.15, 0.2) is 60.3 Å². The van der Waals surface area contributed by atoms with Crippen LogP contribution in [0.25, 0.3) is 0 Å². The standard InChI is InChI=1S/C14H20O2/c1-11(2)7-8-13(4)16-14(5)10-9-12(3)15-6/h7-10H,3,5H2,1-2,4,6H3/b10-9-,13-8+. The second kappa shape index (κ2) is 7.57. The van der Waals surface area contributed by atoms with Gasteiger partial charge in [0, 0.05) is 0 Å². The Morgan fingerprint density at radius 1 is 0.938 bits per heavy atom. The van der Waals surface area contributed by atoms with Gasteiger partial charge in [-0.3, -0.25) is 0 Å². The lowest BCUT2D eigenvalue weighted by atomic mass is 10.3. The Morgan fingerprint density at radius 2 is 1.50 bits per heavy atom. The summed E-state index contributed by atoms with van der Waals surface area (Å²) in [5, 5.41) is 0. The smallest absolute Gasteiger partial charge is 0.119 e. The highest BCUT2D eigenvalue weighted by Gasteiger charge is 1.92. The lowest BCUT2D eigenvalue weighted by molar-refractivity contribution is 0.306. The third-order valence-electron chi connectivity index (χ3n) is 1.66. The van der Waals surface area contributed by atoms with Crippen LogP contribution in [0.5, 0.6) is 0 Å². The molecule has 0 aliphatic heterocycles. The largest absolute Gasteiger partial charge is 0.497 e. The highest BCUT2D eigenvalue weighted by atomic mass is 16.5. The molecular formula is C14H20O2. The third-order valence-corrected chi connectivity index (χ3v) is 1.66. The summed E-state index contributed by atoms with van der Waals surface area (Å²) in [5.41, 5.74) is 1.22. The Kier molecular flexibility index (Phi) is 6.77. The topological polar surface area (TPSA) is 18.5 Å². The molecule has 0 spiro atoms. The molecule has 88 valence electrons. The fraction of sp³-hybridized carbons (Fsp3) is 0.286. The summed E-state index contributed by atoms with van der Waals surface area (Å²) in [7, 11) is 1.57. The Labute approximate surface area is 98.3 Å². The maximum Gasteiger partial charge on any atom is 0.119 e. The Hall–Kier alpha value is -1.70. The van der Waals surface area contributed by atoms with E-state index in [4.69, 9.17) is 9.47 Å². The molecule has 0 aliphatic carbocycles. The number of ether oxygens (including phenoxy) is 2. The van der Waals surface area contributed by atoms with Crippen LogP contribution in [-0.2, 0) is 9.47 Å². The van der Waals surface area contributed by atoms with Crippen molar-refractivity contribution in [2.75, 3.05) is 7.11 Å². The minimum absolute atomic E-state index is 0.550. The van der Waals surface area contributed by atoms with E-state index in [0.29, 0.717) is 11.5 Å². The predicted octanol–water partition coefficient (Wildman–Crippen LogP) is 4.10. The maximum atomic E-state index is 5.43. The van der Waals surface area contributed by atoms with Crippen LogP contribution in [0, 0.1) is 0 Å². The summed E-state index contributed by atoms with van der Waals surface area (Å²) in [6.45, 7) is 13.4. The molecule has 0 saturated heterocycles. The van der Waals surface area contributed by atoms with Crippen molar-refractivity contribution < 1.29 is 9.47 Å². The molecule has 0 bridgehead atoms.